The van der Waals surface area contributed by atoms with Crippen molar-refractivity contribution in [3.8, 4) is 0 Å². The highest BCUT2D eigenvalue weighted by Gasteiger charge is 2.48. The van der Waals surface area contributed by atoms with Crippen molar-refractivity contribution in [2.45, 2.75) is 32.2 Å². The fourth-order valence-electron chi connectivity index (χ4n) is 3.87. The minimum atomic E-state index is -0.754. The maximum absolute atomic E-state index is 12.4. The van der Waals surface area contributed by atoms with E-state index in [0.717, 1.165) is 29.0 Å². The Bertz CT molecular complexity index is 766. The predicted molar refractivity (Wildman–Crippen MR) is 106 cm³/mol. The first kappa shape index (κ1) is 20.8. The smallest absolute Gasteiger partial charge is 0.326 e. The van der Waals surface area contributed by atoms with Crippen molar-refractivity contribution < 1.29 is 23.9 Å². The molecule has 1 heterocycles. The van der Waals surface area contributed by atoms with Crippen LogP contribution in [0.15, 0.2) is 24.3 Å². The van der Waals surface area contributed by atoms with E-state index in [9.17, 15) is 19.2 Å². The number of imide groups is 1. The van der Waals surface area contributed by atoms with Gasteiger partial charge in [-0.05, 0) is 30.5 Å². The van der Waals surface area contributed by atoms with Crippen molar-refractivity contribution in [1.82, 2.24) is 10.2 Å². The van der Waals surface area contributed by atoms with Crippen LogP contribution in [0.1, 0.15) is 31.2 Å². The van der Waals surface area contributed by atoms with Gasteiger partial charge in [-0.1, -0.05) is 25.0 Å². The molecule has 0 bridgehead atoms. The zero-order chi connectivity index (χ0) is 21.0. The lowest BCUT2D eigenvalue weighted by Gasteiger charge is -2.19. The Morgan fingerprint density at radius 3 is 2.21 bits per heavy atom. The molecule has 0 unspecified atom stereocenters. The van der Waals surface area contributed by atoms with Crippen LogP contribution in [0.25, 0.3) is 0 Å². The summed E-state index contributed by atoms with van der Waals surface area (Å²) in [6.45, 7) is -0.557. The van der Waals surface area contributed by atoms with Gasteiger partial charge in [0.1, 0.15) is 6.54 Å². The summed E-state index contributed by atoms with van der Waals surface area (Å²) in [5.74, 6) is -2.37. The van der Waals surface area contributed by atoms with Crippen LogP contribution >= 0.6 is 0 Å². The number of benzene rings is 1. The summed E-state index contributed by atoms with van der Waals surface area (Å²) in [7, 11) is 3.89. The van der Waals surface area contributed by atoms with Crippen LogP contribution in [0.3, 0.4) is 0 Å². The summed E-state index contributed by atoms with van der Waals surface area (Å²) in [6.07, 6.45) is 3.24. The van der Waals surface area contributed by atoms with E-state index in [1.807, 2.05) is 43.3 Å². The second kappa shape index (κ2) is 9.07. The van der Waals surface area contributed by atoms with Crippen LogP contribution in [0, 0.1) is 11.8 Å². The monoisotopic (exact) mass is 401 g/mol. The highest BCUT2D eigenvalue weighted by Crippen LogP contribution is 2.37. The Labute approximate surface area is 170 Å². The Morgan fingerprint density at radius 1 is 1.07 bits per heavy atom. The normalized spacial score (nSPS) is 21.0. The largest absolute Gasteiger partial charge is 0.454 e. The molecule has 1 N–H and O–H groups in total. The first-order valence-electron chi connectivity index (χ1n) is 9.90. The Kier molecular flexibility index (Phi) is 6.51. The van der Waals surface area contributed by atoms with Crippen molar-refractivity contribution in [2.24, 2.45) is 11.8 Å². The highest BCUT2D eigenvalue weighted by atomic mass is 16.5. The van der Waals surface area contributed by atoms with Gasteiger partial charge in [-0.3, -0.25) is 24.1 Å². The number of rotatable bonds is 7. The molecular formula is C21H27N3O5. The fraction of sp³-hybridized carbons (Fsp3) is 0.524. The van der Waals surface area contributed by atoms with Crippen LogP contribution in [-0.2, 0) is 30.5 Å². The molecule has 0 spiro atoms. The van der Waals surface area contributed by atoms with Gasteiger partial charge in [0.2, 0.25) is 11.8 Å². The van der Waals surface area contributed by atoms with Gasteiger partial charge in [0.05, 0.1) is 11.8 Å². The average Bonchev–Trinajstić information content (AvgIpc) is 2.96. The molecule has 2 aliphatic rings. The van der Waals surface area contributed by atoms with Gasteiger partial charge in [0, 0.05) is 26.3 Å². The fourth-order valence-corrected chi connectivity index (χ4v) is 3.87. The number of carbonyl (C=O) groups is 4. The zero-order valence-corrected chi connectivity index (χ0v) is 16.8. The van der Waals surface area contributed by atoms with E-state index in [2.05, 4.69) is 5.32 Å². The van der Waals surface area contributed by atoms with Crippen molar-refractivity contribution >= 4 is 29.4 Å². The molecule has 8 heteroatoms. The number of nitrogens with zero attached hydrogens (tertiary/aromatic N) is 2. The Balaban J connectivity index is 1.41. The van der Waals surface area contributed by atoms with Gasteiger partial charge in [-0.15, -0.1) is 0 Å². The summed E-state index contributed by atoms with van der Waals surface area (Å²) < 4.78 is 4.95. The second-order valence-electron chi connectivity index (χ2n) is 7.76. The van der Waals surface area contributed by atoms with E-state index < -0.39 is 25.0 Å². The number of anilines is 1. The third-order valence-corrected chi connectivity index (χ3v) is 5.53. The number of ether oxygens (including phenoxy) is 1. The summed E-state index contributed by atoms with van der Waals surface area (Å²) in [6, 6.07) is 7.71. The SMILES string of the molecule is CN(C)c1ccc(CNC(=O)COC(=O)CN2C(=O)[C@H]3CCCC[C@@H]3C2=O)cc1. The maximum Gasteiger partial charge on any atom is 0.326 e. The van der Waals surface area contributed by atoms with E-state index in [-0.39, 0.29) is 23.7 Å². The van der Waals surface area contributed by atoms with Gasteiger partial charge in [-0.2, -0.15) is 0 Å². The van der Waals surface area contributed by atoms with E-state index in [4.69, 9.17) is 4.74 Å². The van der Waals surface area contributed by atoms with Crippen LogP contribution in [-0.4, -0.2) is 55.8 Å². The highest BCUT2D eigenvalue weighted by molar-refractivity contribution is 6.07. The molecule has 29 heavy (non-hydrogen) atoms. The molecule has 1 saturated heterocycles. The third-order valence-electron chi connectivity index (χ3n) is 5.53. The van der Waals surface area contributed by atoms with Crippen molar-refractivity contribution in [2.75, 3.05) is 32.1 Å². The number of nitrogens with one attached hydrogen (secondary N) is 1. The van der Waals surface area contributed by atoms with Gasteiger partial charge in [0.25, 0.3) is 5.91 Å². The van der Waals surface area contributed by atoms with Crippen LogP contribution in [0.4, 0.5) is 5.69 Å². The third kappa shape index (κ3) is 4.93. The molecule has 156 valence electrons. The van der Waals surface area contributed by atoms with Crippen molar-refractivity contribution in [1.29, 1.82) is 0 Å². The molecule has 8 nitrogen and oxygen atoms in total. The molecule has 3 rings (SSSR count). The molecule has 3 amide bonds. The number of carbonyl (C=O) groups excluding carboxylic acids is 4. The van der Waals surface area contributed by atoms with Gasteiger partial charge in [-0.25, -0.2) is 0 Å². The molecule has 0 radical (unpaired) electrons. The molecule has 1 aliphatic heterocycles. The molecule has 0 aromatic heterocycles. The second-order valence-corrected chi connectivity index (χ2v) is 7.76. The molecular weight excluding hydrogens is 374 g/mol. The average molecular weight is 401 g/mol. The zero-order valence-electron chi connectivity index (χ0n) is 16.8. The Hall–Kier alpha value is -2.90. The summed E-state index contributed by atoms with van der Waals surface area (Å²) in [5, 5.41) is 2.68. The van der Waals surface area contributed by atoms with E-state index in [1.54, 1.807) is 0 Å². The quantitative estimate of drug-likeness (QED) is 0.543. The van der Waals surface area contributed by atoms with Crippen molar-refractivity contribution in [3.63, 3.8) is 0 Å². The van der Waals surface area contributed by atoms with Crippen LogP contribution in [0.5, 0.6) is 0 Å². The lowest BCUT2D eigenvalue weighted by Crippen LogP contribution is -2.38. The minimum absolute atomic E-state index is 0.290. The number of fused-ring (bicyclic) bond motifs is 1. The lowest BCUT2D eigenvalue weighted by atomic mass is 9.81. The number of esters is 1. The number of hydrogen-bond donors (Lipinski definition) is 1. The molecule has 1 aromatic rings. The lowest BCUT2D eigenvalue weighted by molar-refractivity contribution is -0.154. The summed E-state index contributed by atoms with van der Waals surface area (Å²) in [5.41, 5.74) is 1.98. The number of hydrogen-bond acceptors (Lipinski definition) is 6. The minimum Gasteiger partial charge on any atom is -0.454 e. The van der Waals surface area contributed by atoms with Gasteiger partial charge < -0.3 is 15.0 Å². The van der Waals surface area contributed by atoms with E-state index >= 15 is 0 Å². The van der Waals surface area contributed by atoms with E-state index in [1.165, 1.54) is 0 Å². The van der Waals surface area contributed by atoms with Crippen molar-refractivity contribution in [3.05, 3.63) is 29.8 Å². The molecule has 1 aromatic carbocycles. The van der Waals surface area contributed by atoms with Gasteiger partial charge in [0.15, 0.2) is 6.61 Å². The molecule has 1 saturated carbocycles. The van der Waals surface area contributed by atoms with Gasteiger partial charge >= 0.3 is 5.97 Å². The van der Waals surface area contributed by atoms with Crippen LogP contribution < -0.4 is 10.2 Å². The topological polar surface area (TPSA) is 96.0 Å². The predicted octanol–water partition coefficient (Wildman–Crippen LogP) is 1.09. The standard InChI is InChI=1S/C21H27N3O5/c1-23(2)15-9-7-14(8-10-15)11-22-18(25)13-29-19(26)12-24-20(27)16-5-3-4-6-17(16)21(24)28/h7-10,16-17H,3-6,11-13H2,1-2H3,(H,22,25)/t16-,17-/m0/s1. The summed E-state index contributed by atoms with van der Waals surface area (Å²) >= 11 is 0. The number of likely N-dealkylation sites (tertiary alicyclic amines) is 1. The Morgan fingerprint density at radius 2 is 1.66 bits per heavy atom. The molecule has 1 aliphatic carbocycles. The summed E-state index contributed by atoms with van der Waals surface area (Å²) in [4.78, 5) is 51.6. The maximum atomic E-state index is 12.4. The molecule has 2 atom stereocenters. The number of amides is 3. The van der Waals surface area contributed by atoms with E-state index in [0.29, 0.717) is 19.4 Å². The molecule has 2 fully saturated rings. The first-order chi connectivity index (χ1) is 13.9. The van der Waals surface area contributed by atoms with Crippen LogP contribution in [0.2, 0.25) is 0 Å². The first-order valence-corrected chi connectivity index (χ1v) is 9.90.